The molecule has 1 amide bonds. The molecule has 0 unspecified atom stereocenters. The molecule has 0 spiro atoms. The van der Waals surface area contributed by atoms with E-state index >= 15 is 4.39 Å². The van der Waals surface area contributed by atoms with Crippen molar-refractivity contribution in [3.63, 3.8) is 0 Å². The highest BCUT2D eigenvalue weighted by atomic mass is 19.3. The topological polar surface area (TPSA) is 78.2 Å². The third kappa shape index (κ3) is 4.77. The first-order valence-electron chi connectivity index (χ1n) is 10.8. The summed E-state index contributed by atoms with van der Waals surface area (Å²) in [6, 6.07) is 6.59. The van der Waals surface area contributed by atoms with Crippen molar-refractivity contribution >= 4 is 11.6 Å². The highest BCUT2D eigenvalue weighted by Gasteiger charge is 2.29. The summed E-state index contributed by atoms with van der Waals surface area (Å²) in [5.41, 5.74) is -2.02. The molecule has 2 aromatic carbocycles. The third-order valence-corrected chi connectivity index (χ3v) is 5.84. The molecule has 0 bridgehead atoms. The Balaban J connectivity index is 1.79. The Hall–Kier alpha value is -3.70. The molecule has 0 saturated heterocycles. The standard InChI is InChI=1S/C23H21F5N4O3/c1-31-21(12-5-4-6-12)30-32(23(31)34)17-10-18(35-19(11-24)20(27)28)13(9-15(17)26)22(33)29-16-8-3-2-7-14(16)25/h2-3,7-10,12,19-20H,4-6,11H2,1H3,(H,29,33)/t19-/m0/s1. The van der Waals surface area contributed by atoms with E-state index in [9.17, 15) is 27.2 Å². The lowest BCUT2D eigenvalue weighted by Gasteiger charge is -2.23. The summed E-state index contributed by atoms with van der Waals surface area (Å²) in [6.07, 6.45) is -2.95. The maximum atomic E-state index is 15.1. The summed E-state index contributed by atoms with van der Waals surface area (Å²) in [4.78, 5) is 25.5. The minimum atomic E-state index is -3.27. The van der Waals surface area contributed by atoms with Crippen LogP contribution in [0.25, 0.3) is 5.69 Å². The van der Waals surface area contributed by atoms with Gasteiger partial charge in [0.2, 0.25) is 0 Å². The molecule has 186 valence electrons. The van der Waals surface area contributed by atoms with Gasteiger partial charge in [0.15, 0.2) is 6.10 Å². The smallest absolute Gasteiger partial charge is 0.350 e. The number of benzene rings is 2. The van der Waals surface area contributed by atoms with Gasteiger partial charge in [-0.05, 0) is 31.0 Å². The van der Waals surface area contributed by atoms with Gasteiger partial charge in [-0.1, -0.05) is 18.6 Å². The zero-order valence-electron chi connectivity index (χ0n) is 18.5. The molecule has 7 nitrogen and oxygen atoms in total. The van der Waals surface area contributed by atoms with Crippen molar-refractivity contribution in [1.29, 1.82) is 0 Å². The van der Waals surface area contributed by atoms with Gasteiger partial charge >= 0.3 is 5.69 Å². The van der Waals surface area contributed by atoms with E-state index < -0.39 is 59.4 Å². The molecule has 1 saturated carbocycles. The predicted molar refractivity (Wildman–Crippen MR) is 116 cm³/mol. The molecular formula is C23H21F5N4O3. The van der Waals surface area contributed by atoms with E-state index in [1.54, 1.807) is 0 Å². The van der Waals surface area contributed by atoms with Gasteiger partial charge in [-0.15, -0.1) is 5.10 Å². The number of rotatable bonds is 8. The molecule has 1 atom stereocenters. The maximum absolute atomic E-state index is 15.1. The largest absolute Gasteiger partial charge is 0.481 e. The molecule has 1 aliphatic rings. The lowest BCUT2D eigenvalue weighted by atomic mass is 9.85. The summed E-state index contributed by atoms with van der Waals surface area (Å²) < 4.78 is 75.7. The molecule has 35 heavy (non-hydrogen) atoms. The van der Waals surface area contributed by atoms with Crippen LogP contribution in [-0.2, 0) is 7.05 Å². The van der Waals surface area contributed by atoms with Gasteiger partial charge in [-0.25, -0.2) is 26.7 Å². The summed E-state index contributed by atoms with van der Waals surface area (Å²) >= 11 is 0. The van der Waals surface area contributed by atoms with Crippen molar-refractivity contribution < 1.29 is 31.5 Å². The number of aromatic nitrogens is 3. The maximum Gasteiger partial charge on any atom is 0.350 e. The number of anilines is 1. The Morgan fingerprint density at radius 1 is 1.20 bits per heavy atom. The Morgan fingerprint density at radius 2 is 1.91 bits per heavy atom. The van der Waals surface area contributed by atoms with Crippen molar-refractivity contribution in [2.45, 2.75) is 37.7 Å². The van der Waals surface area contributed by atoms with E-state index in [-0.39, 0.29) is 11.6 Å². The first kappa shape index (κ1) is 24.4. The predicted octanol–water partition coefficient (Wildman–Crippen LogP) is 4.35. The van der Waals surface area contributed by atoms with Crippen LogP contribution in [0.1, 0.15) is 41.4 Å². The van der Waals surface area contributed by atoms with Crippen LogP contribution in [0, 0.1) is 11.6 Å². The van der Waals surface area contributed by atoms with E-state index in [1.807, 2.05) is 0 Å². The second-order valence-electron chi connectivity index (χ2n) is 8.12. The van der Waals surface area contributed by atoms with Gasteiger partial charge in [0, 0.05) is 19.0 Å². The molecular weight excluding hydrogens is 475 g/mol. The van der Waals surface area contributed by atoms with E-state index in [0.29, 0.717) is 11.9 Å². The van der Waals surface area contributed by atoms with Crippen LogP contribution in [0.2, 0.25) is 0 Å². The second-order valence-corrected chi connectivity index (χ2v) is 8.12. The number of hydrogen-bond donors (Lipinski definition) is 1. The van der Waals surface area contributed by atoms with Crippen molar-refractivity contribution in [3.8, 4) is 11.4 Å². The Morgan fingerprint density at radius 3 is 2.51 bits per heavy atom. The molecule has 4 rings (SSSR count). The van der Waals surface area contributed by atoms with Crippen molar-refractivity contribution in [2.24, 2.45) is 7.05 Å². The molecule has 1 aliphatic carbocycles. The van der Waals surface area contributed by atoms with Gasteiger partial charge in [0.25, 0.3) is 12.3 Å². The van der Waals surface area contributed by atoms with Crippen molar-refractivity contribution in [2.75, 3.05) is 12.0 Å². The van der Waals surface area contributed by atoms with Gasteiger partial charge in [0.05, 0.1) is 11.3 Å². The van der Waals surface area contributed by atoms with E-state index in [4.69, 9.17) is 4.74 Å². The van der Waals surface area contributed by atoms with Crippen LogP contribution >= 0.6 is 0 Å². The fraction of sp³-hybridized carbons (Fsp3) is 0.348. The van der Waals surface area contributed by atoms with Crippen LogP contribution in [0.3, 0.4) is 0 Å². The minimum Gasteiger partial charge on any atom is -0.481 e. The van der Waals surface area contributed by atoms with Crippen LogP contribution in [0.5, 0.6) is 5.75 Å². The van der Waals surface area contributed by atoms with Crippen LogP contribution < -0.4 is 15.7 Å². The Bertz CT molecular complexity index is 1300. The van der Waals surface area contributed by atoms with Crippen LogP contribution in [0.4, 0.5) is 27.6 Å². The molecule has 1 aromatic heterocycles. The lowest BCUT2D eigenvalue weighted by Crippen LogP contribution is -2.29. The van der Waals surface area contributed by atoms with Crippen molar-refractivity contribution in [3.05, 3.63) is 69.9 Å². The number of carbonyl (C=O) groups excluding carboxylic acids is 1. The number of halogens is 5. The molecule has 1 N–H and O–H groups in total. The fourth-order valence-electron chi connectivity index (χ4n) is 3.68. The number of ether oxygens (including phenoxy) is 1. The normalized spacial score (nSPS) is 14.6. The quantitative estimate of drug-likeness (QED) is 0.471. The van der Waals surface area contributed by atoms with Crippen LogP contribution in [0.15, 0.2) is 41.2 Å². The number of amides is 1. The third-order valence-electron chi connectivity index (χ3n) is 5.84. The number of hydrogen-bond acceptors (Lipinski definition) is 4. The van der Waals surface area contributed by atoms with E-state index in [0.717, 1.165) is 36.1 Å². The van der Waals surface area contributed by atoms with E-state index in [2.05, 4.69) is 10.4 Å². The highest BCUT2D eigenvalue weighted by molar-refractivity contribution is 6.06. The first-order valence-corrected chi connectivity index (χ1v) is 10.8. The van der Waals surface area contributed by atoms with Crippen LogP contribution in [-0.4, -0.2) is 39.5 Å². The average Bonchev–Trinajstić information content (AvgIpc) is 3.07. The molecule has 1 fully saturated rings. The molecule has 1 heterocycles. The summed E-state index contributed by atoms with van der Waals surface area (Å²) in [6.45, 7) is -1.60. The summed E-state index contributed by atoms with van der Waals surface area (Å²) in [5.74, 6) is -3.15. The molecule has 0 radical (unpaired) electrons. The average molecular weight is 496 g/mol. The zero-order chi connectivity index (χ0) is 25.3. The highest BCUT2D eigenvalue weighted by Crippen LogP contribution is 2.35. The number of nitrogens with zero attached hydrogens (tertiary/aromatic N) is 3. The fourth-order valence-corrected chi connectivity index (χ4v) is 3.68. The summed E-state index contributed by atoms with van der Waals surface area (Å²) in [5, 5.41) is 6.39. The first-order chi connectivity index (χ1) is 16.7. The van der Waals surface area contributed by atoms with Gasteiger partial charge in [-0.3, -0.25) is 9.36 Å². The monoisotopic (exact) mass is 496 g/mol. The molecule has 12 heteroatoms. The summed E-state index contributed by atoms with van der Waals surface area (Å²) in [7, 11) is 1.47. The number of carbonyl (C=O) groups is 1. The van der Waals surface area contributed by atoms with Gasteiger partial charge in [0.1, 0.15) is 35.6 Å². The Labute approximate surface area is 196 Å². The van der Waals surface area contributed by atoms with Gasteiger partial charge < -0.3 is 10.1 Å². The minimum absolute atomic E-state index is 0.0216. The Kier molecular flexibility index (Phi) is 6.90. The number of nitrogens with one attached hydrogen (secondary N) is 1. The number of para-hydroxylation sites is 1. The van der Waals surface area contributed by atoms with Gasteiger partial charge in [-0.2, -0.15) is 4.68 Å². The molecule has 3 aromatic rings. The zero-order valence-corrected chi connectivity index (χ0v) is 18.5. The number of alkyl halides is 3. The second kappa shape index (κ2) is 9.88. The van der Waals surface area contributed by atoms with Crippen molar-refractivity contribution in [1.82, 2.24) is 14.3 Å². The molecule has 0 aliphatic heterocycles. The van der Waals surface area contributed by atoms with E-state index in [1.165, 1.54) is 29.8 Å². The SMILES string of the molecule is Cn1c(C2CCC2)nn(-c2cc(O[C@@H](CF)C(F)F)c(C(=O)Nc3ccccc3F)cc2F)c1=O. The lowest BCUT2D eigenvalue weighted by molar-refractivity contribution is -0.00158.